The van der Waals surface area contributed by atoms with Crippen LogP contribution in [0.1, 0.15) is 24.2 Å². The minimum atomic E-state index is 0.00857. The Labute approximate surface area is 98.0 Å². The summed E-state index contributed by atoms with van der Waals surface area (Å²) in [6.45, 7) is 2.04. The molecule has 0 amide bonds. The van der Waals surface area contributed by atoms with Gasteiger partial charge in [-0.3, -0.25) is 4.98 Å². The number of aromatic nitrogens is 2. The van der Waals surface area contributed by atoms with Gasteiger partial charge in [0.05, 0.1) is 35.7 Å². The van der Waals surface area contributed by atoms with E-state index < -0.39 is 0 Å². The molecule has 0 aromatic carbocycles. The molecule has 2 rings (SSSR count). The van der Waals surface area contributed by atoms with Gasteiger partial charge in [0.25, 0.3) is 0 Å². The van der Waals surface area contributed by atoms with Crippen molar-refractivity contribution in [3.05, 3.63) is 40.6 Å². The zero-order chi connectivity index (χ0) is 11.4. The van der Waals surface area contributed by atoms with Crippen LogP contribution >= 0.6 is 11.3 Å². The maximum absolute atomic E-state index is 9.18. The van der Waals surface area contributed by atoms with Crippen molar-refractivity contribution in [3.63, 3.8) is 0 Å². The number of anilines is 1. The lowest BCUT2D eigenvalue weighted by molar-refractivity contribution is 0.282. The van der Waals surface area contributed by atoms with E-state index in [4.69, 9.17) is 0 Å². The molecule has 16 heavy (non-hydrogen) atoms. The number of aliphatic hydroxyl groups is 1. The Morgan fingerprint density at radius 3 is 3.12 bits per heavy atom. The monoisotopic (exact) mass is 235 g/mol. The molecule has 0 radical (unpaired) electrons. The van der Waals surface area contributed by atoms with Crippen LogP contribution < -0.4 is 5.32 Å². The number of nitrogens with zero attached hydrogens (tertiary/aromatic N) is 2. The molecule has 0 aliphatic rings. The standard InChI is InChI=1S/C11H13N3OS/c1-8(11-6-16-7-13-11)14-10-4-12-3-2-9(10)5-15/h2-4,6-8,14-15H,5H2,1H3. The van der Waals surface area contributed by atoms with Gasteiger partial charge in [0, 0.05) is 17.1 Å². The van der Waals surface area contributed by atoms with Gasteiger partial charge in [-0.2, -0.15) is 0 Å². The van der Waals surface area contributed by atoms with Crippen LogP contribution in [0.2, 0.25) is 0 Å². The SMILES string of the molecule is CC(Nc1cnccc1CO)c1cscn1. The summed E-state index contributed by atoms with van der Waals surface area (Å²) < 4.78 is 0. The zero-order valence-electron chi connectivity index (χ0n) is 8.92. The van der Waals surface area contributed by atoms with E-state index in [2.05, 4.69) is 15.3 Å². The molecular formula is C11H13N3OS. The Morgan fingerprint density at radius 1 is 1.56 bits per heavy atom. The van der Waals surface area contributed by atoms with Gasteiger partial charge in [-0.05, 0) is 13.0 Å². The van der Waals surface area contributed by atoms with E-state index in [0.717, 1.165) is 16.9 Å². The smallest absolute Gasteiger partial charge is 0.0795 e. The number of thiazole rings is 1. The van der Waals surface area contributed by atoms with Crippen molar-refractivity contribution in [1.82, 2.24) is 9.97 Å². The van der Waals surface area contributed by atoms with E-state index in [0.29, 0.717) is 0 Å². The molecule has 84 valence electrons. The van der Waals surface area contributed by atoms with E-state index in [9.17, 15) is 5.11 Å². The molecule has 0 saturated carbocycles. The Kier molecular flexibility index (Phi) is 3.48. The molecule has 1 atom stereocenters. The lowest BCUT2D eigenvalue weighted by atomic mass is 10.2. The van der Waals surface area contributed by atoms with Crippen molar-refractivity contribution in [2.45, 2.75) is 19.6 Å². The second-order valence-corrected chi connectivity index (χ2v) is 4.19. The van der Waals surface area contributed by atoms with Gasteiger partial charge >= 0.3 is 0 Å². The van der Waals surface area contributed by atoms with Gasteiger partial charge in [-0.15, -0.1) is 11.3 Å². The molecule has 2 aromatic rings. The van der Waals surface area contributed by atoms with E-state index in [-0.39, 0.29) is 12.6 Å². The number of pyridine rings is 1. The zero-order valence-corrected chi connectivity index (χ0v) is 9.74. The summed E-state index contributed by atoms with van der Waals surface area (Å²) in [4.78, 5) is 8.28. The predicted molar refractivity (Wildman–Crippen MR) is 64.3 cm³/mol. The second kappa shape index (κ2) is 5.05. The van der Waals surface area contributed by atoms with E-state index in [1.807, 2.05) is 17.8 Å². The number of hydrogen-bond acceptors (Lipinski definition) is 5. The van der Waals surface area contributed by atoms with Crippen molar-refractivity contribution in [2.75, 3.05) is 5.32 Å². The molecule has 2 aromatic heterocycles. The molecule has 2 N–H and O–H groups in total. The van der Waals surface area contributed by atoms with Crippen LogP contribution in [0.5, 0.6) is 0 Å². The molecule has 2 heterocycles. The summed E-state index contributed by atoms with van der Waals surface area (Å²) in [5.74, 6) is 0. The Balaban J connectivity index is 2.14. The van der Waals surface area contributed by atoms with E-state index >= 15 is 0 Å². The van der Waals surface area contributed by atoms with Gasteiger partial charge in [0.1, 0.15) is 0 Å². The van der Waals surface area contributed by atoms with E-state index in [1.54, 1.807) is 29.8 Å². The van der Waals surface area contributed by atoms with Crippen molar-refractivity contribution in [3.8, 4) is 0 Å². The third-order valence-corrected chi connectivity index (χ3v) is 2.95. The van der Waals surface area contributed by atoms with Crippen LogP contribution in [0.15, 0.2) is 29.4 Å². The predicted octanol–water partition coefficient (Wildman–Crippen LogP) is 2.20. The first-order chi connectivity index (χ1) is 7.81. The topological polar surface area (TPSA) is 58.0 Å². The van der Waals surface area contributed by atoms with Crippen molar-refractivity contribution in [1.29, 1.82) is 0 Å². The summed E-state index contributed by atoms with van der Waals surface area (Å²) in [6, 6.07) is 1.91. The molecular weight excluding hydrogens is 222 g/mol. The fourth-order valence-electron chi connectivity index (χ4n) is 1.43. The highest BCUT2D eigenvalue weighted by Crippen LogP contribution is 2.21. The van der Waals surface area contributed by atoms with Gasteiger partial charge in [-0.1, -0.05) is 0 Å². The maximum atomic E-state index is 9.18. The Morgan fingerprint density at radius 2 is 2.44 bits per heavy atom. The normalized spacial score (nSPS) is 12.4. The van der Waals surface area contributed by atoms with Crippen LogP contribution in [-0.4, -0.2) is 15.1 Å². The van der Waals surface area contributed by atoms with Gasteiger partial charge in [-0.25, -0.2) is 4.98 Å². The van der Waals surface area contributed by atoms with Crippen LogP contribution in [-0.2, 0) is 6.61 Å². The fraction of sp³-hybridized carbons (Fsp3) is 0.273. The van der Waals surface area contributed by atoms with E-state index in [1.165, 1.54) is 0 Å². The molecule has 0 spiro atoms. The molecule has 1 unspecified atom stereocenters. The van der Waals surface area contributed by atoms with Gasteiger partial charge < -0.3 is 10.4 Å². The first kappa shape index (κ1) is 11.0. The third-order valence-electron chi connectivity index (χ3n) is 2.35. The average Bonchev–Trinajstić information content (AvgIpc) is 2.83. The minimum Gasteiger partial charge on any atom is -0.392 e. The summed E-state index contributed by atoms with van der Waals surface area (Å²) >= 11 is 1.57. The third kappa shape index (κ3) is 2.37. The van der Waals surface area contributed by atoms with Crippen LogP contribution in [0.3, 0.4) is 0 Å². The number of nitrogens with one attached hydrogen (secondary N) is 1. The summed E-state index contributed by atoms with van der Waals surface area (Å²) in [6.07, 6.45) is 3.39. The Bertz CT molecular complexity index is 444. The minimum absolute atomic E-state index is 0.00857. The molecule has 0 aliphatic heterocycles. The lowest BCUT2D eigenvalue weighted by Crippen LogP contribution is -2.09. The highest BCUT2D eigenvalue weighted by atomic mass is 32.1. The maximum Gasteiger partial charge on any atom is 0.0795 e. The Hall–Kier alpha value is -1.46. The number of hydrogen-bond donors (Lipinski definition) is 2. The first-order valence-corrected chi connectivity index (χ1v) is 5.94. The average molecular weight is 235 g/mol. The molecule has 0 bridgehead atoms. The number of rotatable bonds is 4. The molecule has 4 nitrogen and oxygen atoms in total. The lowest BCUT2D eigenvalue weighted by Gasteiger charge is -2.15. The van der Waals surface area contributed by atoms with Crippen molar-refractivity contribution < 1.29 is 5.11 Å². The van der Waals surface area contributed by atoms with Crippen molar-refractivity contribution in [2.24, 2.45) is 0 Å². The quantitative estimate of drug-likeness (QED) is 0.853. The summed E-state index contributed by atoms with van der Waals surface area (Å²) in [5, 5.41) is 14.5. The summed E-state index contributed by atoms with van der Waals surface area (Å²) in [7, 11) is 0. The highest BCUT2D eigenvalue weighted by molar-refractivity contribution is 7.07. The van der Waals surface area contributed by atoms with Crippen molar-refractivity contribution >= 4 is 17.0 Å². The van der Waals surface area contributed by atoms with Crippen LogP contribution in [0.25, 0.3) is 0 Å². The van der Waals surface area contributed by atoms with Gasteiger partial charge in [0.15, 0.2) is 0 Å². The largest absolute Gasteiger partial charge is 0.392 e. The second-order valence-electron chi connectivity index (χ2n) is 3.47. The highest BCUT2D eigenvalue weighted by Gasteiger charge is 2.09. The molecule has 5 heteroatoms. The molecule has 0 aliphatic carbocycles. The fourth-order valence-corrected chi connectivity index (χ4v) is 2.08. The van der Waals surface area contributed by atoms with Crippen LogP contribution in [0, 0.1) is 0 Å². The first-order valence-electron chi connectivity index (χ1n) is 4.99. The number of aliphatic hydroxyl groups excluding tert-OH is 1. The van der Waals surface area contributed by atoms with Crippen LogP contribution in [0.4, 0.5) is 5.69 Å². The molecule has 0 fully saturated rings. The van der Waals surface area contributed by atoms with Gasteiger partial charge in [0.2, 0.25) is 0 Å². The summed E-state index contributed by atoms with van der Waals surface area (Å²) in [5.41, 5.74) is 4.50. The molecule has 0 saturated heterocycles.